The lowest BCUT2D eigenvalue weighted by Crippen LogP contribution is -2.52. The van der Waals surface area contributed by atoms with Gasteiger partial charge in [0.2, 0.25) is 0 Å². The van der Waals surface area contributed by atoms with Crippen LogP contribution in [-0.4, -0.2) is 42.2 Å². The van der Waals surface area contributed by atoms with Crippen molar-refractivity contribution >= 4 is 6.09 Å². The van der Waals surface area contributed by atoms with Gasteiger partial charge in [-0.1, -0.05) is 13.8 Å². The van der Waals surface area contributed by atoms with Crippen LogP contribution in [0, 0.1) is 5.41 Å². The third kappa shape index (κ3) is 3.85. The Morgan fingerprint density at radius 2 is 2.00 bits per heavy atom. The molecule has 1 unspecified atom stereocenters. The maximum Gasteiger partial charge on any atom is 0.407 e. The summed E-state index contributed by atoms with van der Waals surface area (Å²) in [6.45, 7) is 10.5. The summed E-state index contributed by atoms with van der Waals surface area (Å²) >= 11 is 0. The van der Waals surface area contributed by atoms with Crippen LogP contribution in [0.15, 0.2) is 0 Å². The van der Waals surface area contributed by atoms with Crippen LogP contribution in [-0.2, 0) is 9.47 Å². The summed E-state index contributed by atoms with van der Waals surface area (Å²) < 4.78 is 10.4. The van der Waals surface area contributed by atoms with Crippen LogP contribution in [0.25, 0.3) is 0 Å². The largest absolute Gasteiger partial charge is 0.444 e. The number of hydrogen-bond acceptors (Lipinski definition) is 4. The molecule has 1 fully saturated rings. The molecule has 0 bridgehead atoms. The lowest BCUT2D eigenvalue weighted by atomic mass is 9.74. The molecule has 1 rings (SSSR count). The smallest absolute Gasteiger partial charge is 0.407 e. The van der Waals surface area contributed by atoms with E-state index in [0.29, 0.717) is 26.2 Å². The molecule has 0 aromatic carbocycles. The summed E-state index contributed by atoms with van der Waals surface area (Å²) in [6, 6.07) is 0. The first-order valence-electron chi connectivity index (χ1n) is 6.33. The van der Waals surface area contributed by atoms with Crippen LogP contribution in [0.5, 0.6) is 0 Å². The molecule has 0 radical (unpaired) electrons. The second-order valence-corrected chi connectivity index (χ2v) is 6.57. The molecule has 1 atom stereocenters. The SMILES string of the molecule is CC(C)(C)OC(=O)NCC(C)(C)C1(O)CCOC1. The molecule has 0 aromatic rings. The molecular weight excluding hydrogens is 234 g/mol. The number of aliphatic hydroxyl groups is 1. The molecule has 5 nitrogen and oxygen atoms in total. The number of alkyl carbamates (subject to hydrolysis) is 1. The van der Waals surface area contributed by atoms with Crippen molar-refractivity contribution in [2.75, 3.05) is 19.8 Å². The van der Waals surface area contributed by atoms with E-state index in [4.69, 9.17) is 9.47 Å². The van der Waals surface area contributed by atoms with Crippen molar-refractivity contribution in [2.45, 2.75) is 52.2 Å². The molecule has 18 heavy (non-hydrogen) atoms. The fourth-order valence-electron chi connectivity index (χ4n) is 1.86. The normalized spacial score (nSPS) is 25.0. The summed E-state index contributed by atoms with van der Waals surface area (Å²) in [5.74, 6) is 0. The van der Waals surface area contributed by atoms with E-state index in [1.54, 1.807) is 0 Å². The molecular formula is C13H25NO4. The van der Waals surface area contributed by atoms with Crippen molar-refractivity contribution in [1.29, 1.82) is 0 Å². The lowest BCUT2D eigenvalue weighted by molar-refractivity contribution is -0.0686. The summed E-state index contributed by atoms with van der Waals surface area (Å²) in [5.41, 5.74) is -1.86. The number of carbonyl (C=O) groups is 1. The molecule has 0 aliphatic carbocycles. The van der Waals surface area contributed by atoms with Crippen molar-refractivity contribution in [3.05, 3.63) is 0 Å². The minimum absolute atomic E-state index is 0.315. The first kappa shape index (κ1) is 15.2. The number of hydrogen-bond donors (Lipinski definition) is 2. The molecule has 0 aromatic heterocycles. The van der Waals surface area contributed by atoms with Crippen molar-refractivity contribution in [3.8, 4) is 0 Å². The minimum atomic E-state index is -0.887. The van der Waals surface area contributed by atoms with E-state index in [2.05, 4.69) is 5.32 Å². The Kier molecular flexibility index (Phi) is 4.28. The molecule has 1 aliphatic heterocycles. The highest BCUT2D eigenvalue weighted by Gasteiger charge is 2.46. The van der Waals surface area contributed by atoms with Crippen molar-refractivity contribution < 1.29 is 19.4 Å². The molecule has 1 amide bonds. The zero-order chi connectivity index (χ0) is 14.0. The second-order valence-electron chi connectivity index (χ2n) is 6.57. The number of ether oxygens (including phenoxy) is 2. The molecule has 0 saturated carbocycles. The predicted octanol–water partition coefficient (Wildman–Crippen LogP) is 1.69. The summed E-state index contributed by atoms with van der Waals surface area (Å²) in [6.07, 6.45) is 0.133. The monoisotopic (exact) mass is 259 g/mol. The molecule has 2 N–H and O–H groups in total. The number of nitrogens with one attached hydrogen (secondary N) is 1. The van der Waals surface area contributed by atoms with Gasteiger partial charge >= 0.3 is 6.09 Å². The fourth-order valence-corrected chi connectivity index (χ4v) is 1.86. The zero-order valence-electron chi connectivity index (χ0n) is 12.0. The van der Waals surface area contributed by atoms with Gasteiger partial charge in [0, 0.05) is 25.0 Å². The molecule has 5 heteroatoms. The van der Waals surface area contributed by atoms with Crippen LogP contribution in [0.4, 0.5) is 4.79 Å². The highest BCUT2D eigenvalue weighted by Crippen LogP contribution is 2.36. The van der Waals surface area contributed by atoms with Crippen LogP contribution < -0.4 is 5.32 Å². The standard InChI is InChI=1S/C13H25NO4/c1-11(2,3)18-10(15)14-8-12(4,5)13(16)6-7-17-9-13/h16H,6-9H2,1-5H3,(H,14,15). The zero-order valence-corrected chi connectivity index (χ0v) is 12.0. The van der Waals surface area contributed by atoms with Gasteiger partial charge in [-0.25, -0.2) is 4.79 Å². The summed E-state index contributed by atoms with van der Waals surface area (Å²) in [4.78, 5) is 11.6. The third-order valence-corrected chi connectivity index (χ3v) is 3.33. The highest BCUT2D eigenvalue weighted by molar-refractivity contribution is 5.67. The first-order valence-corrected chi connectivity index (χ1v) is 6.33. The average molecular weight is 259 g/mol. The maximum absolute atomic E-state index is 11.6. The van der Waals surface area contributed by atoms with E-state index in [9.17, 15) is 9.90 Å². The van der Waals surface area contributed by atoms with E-state index >= 15 is 0 Å². The van der Waals surface area contributed by atoms with Gasteiger partial charge < -0.3 is 19.9 Å². The van der Waals surface area contributed by atoms with Gasteiger partial charge in [-0.05, 0) is 20.8 Å². The Morgan fingerprint density at radius 3 is 2.44 bits per heavy atom. The molecule has 1 aliphatic rings. The van der Waals surface area contributed by atoms with E-state index in [1.807, 2.05) is 34.6 Å². The Hall–Kier alpha value is -0.810. The second kappa shape index (κ2) is 5.05. The van der Waals surface area contributed by atoms with E-state index in [0.717, 1.165) is 0 Å². The molecule has 0 spiro atoms. The van der Waals surface area contributed by atoms with E-state index < -0.39 is 22.7 Å². The van der Waals surface area contributed by atoms with Gasteiger partial charge in [-0.3, -0.25) is 0 Å². The number of amides is 1. The Labute approximate surface area is 109 Å². The third-order valence-electron chi connectivity index (χ3n) is 3.33. The Morgan fingerprint density at radius 1 is 1.39 bits per heavy atom. The van der Waals surface area contributed by atoms with Crippen LogP contribution in [0.1, 0.15) is 41.0 Å². The topological polar surface area (TPSA) is 67.8 Å². The van der Waals surface area contributed by atoms with Gasteiger partial charge in [0.05, 0.1) is 12.2 Å². The Bertz CT molecular complexity index is 301. The maximum atomic E-state index is 11.6. The summed E-state index contributed by atoms with van der Waals surface area (Å²) in [5, 5.41) is 13.2. The van der Waals surface area contributed by atoms with Crippen LogP contribution >= 0.6 is 0 Å². The van der Waals surface area contributed by atoms with Gasteiger partial charge in [-0.15, -0.1) is 0 Å². The number of rotatable bonds is 3. The van der Waals surface area contributed by atoms with Gasteiger partial charge in [0.25, 0.3) is 0 Å². The molecule has 106 valence electrons. The van der Waals surface area contributed by atoms with Gasteiger partial charge in [0.1, 0.15) is 5.60 Å². The Balaban J connectivity index is 2.49. The van der Waals surface area contributed by atoms with Crippen molar-refractivity contribution in [1.82, 2.24) is 5.32 Å². The molecule has 1 saturated heterocycles. The van der Waals surface area contributed by atoms with E-state index in [1.165, 1.54) is 0 Å². The van der Waals surface area contributed by atoms with Crippen molar-refractivity contribution in [2.24, 2.45) is 5.41 Å². The first-order chi connectivity index (χ1) is 8.06. The highest BCUT2D eigenvalue weighted by atomic mass is 16.6. The fraction of sp³-hybridized carbons (Fsp3) is 0.923. The summed E-state index contributed by atoms with van der Waals surface area (Å²) in [7, 11) is 0. The van der Waals surface area contributed by atoms with Crippen LogP contribution in [0.3, 0.4) is 0 Å². The van der Waals surface area contributed by atoms with Gasteiger partial charge in [0.15, 0.2) is 0 Å². The van der Waals surface area contributed by atoms with E-state index in [-0.39, 0.29) is 0 Å². The predicted molar refractivity (Wildman–Crippen MR) is 68.4 cm³/mol. The van der Waals surface area contributed by atoms with Gasteiger partial charge in [-0.2, -0.15) is 0 Å². The average Bonchev–Trinajstić information content (AvgIpc) is 2.61. The lowest BCUT2D eigenvalue weighted by Gasteiger charge is -2.39. The quantitative estimate of drug-likeness (QED) is 0.809. The minimum Gasteiger partial charge on any atom is -0.444 e. The molecule has 1 heterocycles. The van der Waals surface area contributed by atoms with Crippen molar-refractivity contribution in [3.63, 3.8) is 0 Å². The van der Waals surface area contributed by atoms with Crippen LogP contribution in [0.2, 0.25) is 0 Å². The number of carbonyl (C=O) groups excluding carboxylic acids is 1.